The molecule has 0 spiro atoms. The number of hydrogen-bond acceptors (Lipinski definition) is 5. The third kappa shape index (κ3) is 4.23. The number of methoxy groups -OCH3 is 1. The quantitative estimate of drug-likeness (QED) is 0.585. The van der Waals surface area contributed by atoms with Crippen LogP contribution in [0.15, 0.2) is 54.9 Å². The van der Waals surface area contributed by atoms with Crippen molar-refractivity contribution in [3.63, 3.8) is 0 Å². The van der Waals surface area contributed by atoms with E-state index in [1.165, 1.54) is 10.6 Å². The number of imide groups is 1. The van der Waals surface area contributed by atoms with Crippen LogP contribution in [0.4, 0.5) is 16.2 Å². The molecule has 5 rings (SSSR count). The van der Waals surface area contributed by atoms with Gasteiger partial charge in [-0.15, -0.1) is 0 Å². The summed E-state index contributed by atoms with van der Waals surface area (Å²) < 4.78 is 5.20. The second kappa shape index (κ2) is 9.10. The number of nitrogens with zero attached hydrogens (tertiary/aromatic N) is 4. The predicted octanol–water partition coefficient (Wildman–Crippen LogP) is 4.41. The molecular weight excluding hydrogens is 416 g/mol. The van der Waals surface area contributed by atoms with Crippen LogP contribution in [0, 0.1) is 6.42 Å². The largest absolute Gasteiger partial charge is 0.497 e. The number of rotatable bonds is 5. The van der Waals surface area contributed by atoms with Crippen molar-refractivity contribution in [3.05, 3.63) is 66.8 Å². The number of aromatic nitrogens is 1. The van der Waals surface area contributed by atoms with E-state index in [1.54, 1.807) is 18.2 Å². The SMILES string of the molecule is COc1ccc(CN2C(=O)CCN(c3cncc4cc(N5CC[CH]CC5)ccc34)C2=O)cc1. The van der Waals surface area contributed by atoms with Gasteiger partial charge in [-0.2, -0.15) is 0 Å². The second-order valence-electron chi connectivity index (χ2n) is 8.43. The van der Waals surface area contributed by atoms with Gasteiger partial charge in [0.05, 0.1) is 25.5 Å². The van der Waals surface area contributed by atoms with Crippen molar-refractivity contribution in [2.45, 2.75) is 25.8 Å². The second-order valence-corrected chi connectivity index (χ2v) is 8.43. The summed E-state index contributed by atoms with van der Waals surface area (Å²) in [7, 11) is 1.61. The van der Waals surface area contributed by atoms with E-state index in [4.69, 9.17) is 4.74 Å². The molecule has 7 nitrogen and oxygen atoms in total. The first-order chi connectivity index (χ1) is 16.1. The van der Waals surface area contributed by atoms with E-state index < -0.39 is 0 Å². The van der Waals surface area contributed by atoms with Gasteiger partial charge < -0.3 is 9.64 Å². The summed E-state index contributed by atoms with van der Waals surface area (Å²) in [6, 6.07) is 13.4. The standard InChI is InChI=1S/C26H27N4O3/c1-33-22-8-5-19(6-9-22)18-30-25(31)11-14-29(26(30)32)24-17-27-16-20-15-21(7-10-23(20)24)28-12-3-2-4-13-28/h2,5-10,15-17H,3-4,11-14,18H2,1H3. The Bertz CT molecular complexity index is 1170. The maximum Gasteiger partial charge on any atom is 0.331 e. The highest BCUT2D eigenvalue weighted by molar-refractivity contribution is 6.09. The lowest BCUT2D eigenvalue weighted by Crippen LogP contribution is -2.52. The number of carbonyl (C=O) groups is 2. The van der Waals surface area contributed by atoms with Crippen LogP contribution in [0.2, 0.25) is 0 Å². The van der Waals surface area contributed by atoms with Gasteiger partial charge >= 0.3 is 6.03 Å². The monoisotopic (exact) mass is 443 g/mol. The minimum absolute atomic E-state index is 0.163. The third-order valence-electron chi connectivity index (χ3n) is 6.40. The van der Waals surface area contributed by atoms with E-state index in [-0.39, 0.29) is 24.9 Å². The van der Waals surface area contributed by atoms with E-state index in [9.17, 15) is 9.59 Å². The number of urea groups is 1. The van der Waals surface area contributed by atoms with Crippen molar-refractivity contribution in [3.8, 4) is 5.75 Å². The third-order valence-corrected chi connectivity index (χ3v) is 6.40. The molecule has 0 saturated carbocycles. The number of fused-ring (bicyclic) bond motifs is 1. The predicted molar refractivity (Wildman–Crippen MR) is 128 cm³/mol. The zero-order valence-corrected chi connectivity index (χ0v) is 18.7. The molecule has 0 aliphatic carbocycles. The van der Waals surface area contributed by atoms with E-state index in [0.29, 0.717) is 6.54 Å². The van der Waals surface area contributed by atoms with Crippen molar-refractivity contribution in [2.75, 3.05) is 36.5 Å². The van der Waals surface area contributed by atoms with Gasteiger partial charge in [-0.1, -0.05) is 18.2 Å². The lowest BCUT2D eigenvalue weighted by atomic mass is 10.1. The molecule has 2 aliphatic heterocycles. The van der Waals surface area contributed by atoms with Gasteiger partial charge in [0.1, 0.15) is 5.75 Å². The number of amides is 3. The Kier molecular flexibility index (Phi) is 5.86. The van der Waals surface area contributed by atoms with Crippen LogP contribution < -0.4 is 14.5 Å². The van der Waals surface area contributed by atoms with Crippen molar-refractivity contribution >= 4 is 34.1 Å². The Morgan fingerprint density at radius 2 is 1.76 bits per heavy atom. The highest BCUT2D eigenvalue weighted by atomic mass is 16.5. The van der Waals surface area contributed by atoms with Gasteiger partial charge in [0.15, 0.2) is 0 Å². The van der Waals surface area contributed by atoms with Crippen molar-refractivity contribution in [2.24, 2.45) is 0 Å². The highest BCUT2D eigenvalue weighted by Crippen LogP contribution is 2.32. The Labute approximate surface area is 193 Å². The van der Waals surface area contributed by atoms with Gasteiger partial charge in [0, 0.05) is 48.7 Å². The molecule has 0 bridgehead atoms. The molecule has 0 N–H and O–H groups in total. The van der Waals surface area contributed by atoms with Gasteiger partial charge in [-0.3, -0.25) is 19.6 Å². The molecule has 169 valence electrons. The molecular formula is C26H27N4O3. The molecule has 0 atom stereocenters. The number of carbonyl (C=O) groups excluding carboxylic acids is 2. The summed E-state index contributed by atoms with van der Waals surface area (Å²) in [4.78, 5) is 35.8. The van der Waals surface area contributed by atoms with Crippen molar-refractivity contribution in [1.82, 2.24) is 9.88 Å². The average Bonchev–Trinajstić information content (AvgIpc) is 2.87. The summed E-state index contributed by atoms with van der Waals surface area (Å²) >= 11 is 0. The Balaban J connectivity index is 1.42. The molecule has 2 fully saturated rings. The Morgan fingerprint density at radius 1 is 0.970 bits per heavy atom. The summed E-state index contributed by atoms with van der Waals surface area (Å²) in [5, 5.41) is 1.95. The summed E-state index contributed by atoms with van der Waals surface area (Å²) in [5.41, 5.74) is 2.79. The molecule has 1 aromatic heterocycles. The van der Waals surface area contributed by atoms with Crippen LogP contribution >= 0.6 is 0 Å². The minimum Gasteiger partial charge on any atom is -0.497 e. The average molecular weight is 444 g/mol. The van der Waals surface area contributed by atoms with E-state index >= 15 is 0 Å². The van der Waals surface area contributed by atoms with Crippen LogP contribution in [-0.2, 0) is 11.3 Å². The van der Waals surface area contributed by atoms with Crippen molar-refractivity contribution in [1.29, 1.82) is 0 Å². The topological polar surface area (TPSA) is 66.0 Å². The lowest BCUT2D eigenvalue weighted by Gasteiger charge is -2.34. The minimum atomic E-state index is -0.313. The van der Waals surface area contributed by atoms with Crippen molar-refractivity contribution < 1.29 is 14.3 Å². The molecule has 2 saturated heterocycles. The highest BCUT2D eigenvalue weighted by Gasteiger charge is 2.33. The number of piperidine rings is 1. The number of benzene rings is 2. The van der Waals surface area contributed by atoms with Crippen LogP contribution in [0.5, 0.6) is 5.75 Å². The molecule has 33 heavy (non-hydrogen) atoms. The van der Waals surface area contributed by atoms with Gasteiger partial charge in [-0.05, 0) is 49.1 Å². The van der Waals surface area contributed by atoms with E-state index in [0.717, 1.165) is 53.7 Å². The first-order valence-electron chi connectivity index (χ1n) is 11.3. The van der Waals surface area contributed by atoms with Crippen LogP contribution in [-0.4, -0.2) is 48.6 Å². The molecule has 3 amide bonds. The zero-order chi connectivity index (χ0) is 22.8. The fourth-order valence-electron chi connectivity index (χ4n) is 4.55. The zero-order valence-electron chi connectivity index (χ0n) is 18.7. The van der Waals surface area contributed by atoms with Crippen LogP contribution in [0.25, 0.3) is 10.8 Å². The number of hydrogen-bond donors (Lipinski definition) is 0. The molecule has 3 aromatic rings. The maximum atomic E-state index is 13.4. The summed E-state index contributed by atoms with van der Waals surface area (Å²) in [6.45, 7) is 2.62. The van der Waals surface area contributed by atoms with E-state index in [1.807, 2.05) is 30.5 Å². The normalized spacial score (nSPS) is 17.1. The van der Waals surface area contributed by atoms with Gasteiger partial charge in [-0.25, -0.2) is 4.79 Å². The number of anilines is 2. The maximum absolute atomic E-state index is 13.4. The van der Waals surface area contributed by atoms with Crippen LogP contribution in [0.3, 0.4) is 0 Å². The first-order valence-corrected chi connectivity index (χ1v) is 11.3. The number of pyridine rings is 1. The first kappa shape index (κ1) is 21.2. The number of ether oxygens (including phenoxy) is 1. The molecule has 2 aliphatic rings. The summed E-state index contributed by atoms with van der Waals surface area (Å²) in [5.74, 6) is 0.574. The lowest BCUT2D eigenvalue weighted by molar-refractivity contribution is -0.129. The molecule has 3 heterocycles. The molecule has 1 radical (unpaired) electrons. The Hall–Kier alpha value is -3.61. The Morgan fingerprint density at radius 3 is 2.52 bits per heavy atom. The molecule has 0 unspecified atom stereocenters. The smallest absolute Gasteiger partial charge is 0.331 e. The molecule has 7 heteroatoms. The molecule has 2 aromatic carbocycles. The summed E-state index contributed by atoms with van der Waals surface area (Å²) in [6.07, 6.45) is 8.36. The van der Waals surface area contributed by atoms with Gasteiger partial charge in [0.25, 0.3) is 0 Å². The fourth-order valence-corrected chi connectivity index (χ4v) is 4.55. The van der Waals surface area contributed by atoms with Gasteiger partial charge in [0.2, 0.25) is 5.91 Å². The van der Waals surface area contributed by atoms with Crippen LogP contribution in [0.1, 0.15) is 24.8 Å². The van der Waals surface area contributed by atoms with E-state index in [2.05, 4.69) is 34.5 Å². The fraction of sp³-hybridized carbons (Fsp3) is 0.308.